The highest BCUT2D eigenvalue weighted by molar-refractivity contribution is 6.66. The number of carbonyl (C=O) groups excluding carboxylic acids is 3. The number of ether oxygens (including phenoxy) is 1. The summed E-state index contributed by atoms with van der Waals surface area (Å²) in [6.07, 6.45) is 0.808. The lowest BCUT2D eigenvalue weighted by Crippen LogP contribution is -2.39. The van der Waals surface area contributed by atoms with Crippen molar-refractivity contribution in [3.63, 3.8) is 0 Å². The minimum Gasteiger partial charge on any atom is -0.459 e. The Kier molecular flexibility index (Phi) is 4.02. The minimum absolute atomic E-state index is 0.0365. The smallest absolute Gasteiger partial charge is 0.333 e. The Labute approximate surface area is 121 Å². The van der Waals surface area contributed by atoms with E-state index in [1.807, 2.05) is 0 Å². The van der Waals surface area contributed by atoms with Gasteiger partial charge in [0, 0.05) is 17.4 Å². The third kappa shape index (κ3) is 2.56. The van der Waals surface area contributed by atoms with Crippen LogP contribution in [0.25, 0.3) is 0 Å². The highest BCUT2D eigenvalue weighted by Gasteiger charge is 2.58. The number of fused-ring (bicyclic) bond motifs is 2. The number of hydrogen-bond donors (Lipinski definition) is 0. The predicted octanol–water partition coefficient (Wildman–Crippen LogP) is 2.28. The zero-order chi connectivity index (χ0) is 14.3. The average molecular weight is 305 g/mol. The topological polar surface area (TPSA) is 60.4 Å². The van der Waals surface area contributed by atoms with Crippen molar-refractivity contribution in [2.45, 2.75) is 25.9 Å². The van der Waals surface area contributed by atoms with Crippen LogP contribution >= 0.6 is 23.2 Å². The van der Waals surface area contributed by atoms with Crippen molar-refractivity contribution in [2.24, 2.45) is 23.7 Å². The molecule has 4 nitrogen and oxygen atoms in total. The number of halogens is 2. The van der Waals surface area contributed by atoms with Gasteiger partial charge in [-0.1, -0.05) is 6.58 Å². The molecule has 19 heavy (non-hydrogen) atoms. The van der Waals surface area contributed by atoms with Gasteiger partial charge in [0.25, 0.3) is 0 Å². The zero-order valence-electron chi connectivity index (χ0n) is 10.4. The Morgan fingerprint density at radius 3 is 2.16 bits per heavy atom. The number of rotatable bonds is 4. The van der Waals surface area contributed by atoms with Crippen LogP contribution < -0.4 is 0 Å². The lowest BCUT2D eigenvalue weighted by Gasteiger charge is -2.31. The van der Waals surface area contributed by atoms with Gasteiger partial charge in [0.15, 0.2) is 0 Å². The molecule has 0 saturated heterocycles. The first-order valence-corrected chi connectivity index (χ1v) is 6.83. The lowest BCUT2D eigenvalue weighted by atomic mass is 9.79. The van der Waals surface area contributed by atoms with Crippen LogP contribution in [0.5, 0.6) is 0 Å². The normalized spacial score (nSPS) is 36.1. The molecule has 2 bridgehead atoms. The molecule has 5 unspecified atom stereocenters. The molecule has 2 rings (SSSR count). The molecule has 0 N–H and O–H groups in total. The van der Waals surface area contributed by atoms with Crippen LogP contribution in [0.3, 0.4) is 0 Å². The fourth-order valence-electron chi connectivity index (χ4n) is 3.31. The number of carbonyl (C=O) groups is 3. The van der Waals surface area contributed by atoms with Crippen molar-refractivity contribution >= 4 is 39.7 Å². The van der Waals surface area contributed by atoms with Crippen LogP contribution in [0.2, 0.25) is 0 Å². The second-order valence-corrected chi connectivity index (χ2v) is 6.02. The van der Waals surface area contributed by atoms with Crippen molar-refractivity contribution in [1.29, 1.82) is 0 Å². The summed E-state index contributed by atoms with van der Waals surface area (Å²) in [4.78, 5) is 34.5. The quantitative estimate of drug-likeness (QED) is 0.454. The van der Waals surface area contributed by atoms with Gasteiger partial charge in [-0.15, -0.1) is 0 Å². The summed E-state index contributed by atoms with van der Waals surface area (Å²) in [5.74, 6) is -1.92. The standard InChI is InChI=1S/C13H14Cl2O4/c1-5(2)13(18)19-8-4-6-3-7(8)10(12(15)17)9(6)11(14)16/h6-10H,1,3-4H2,2H3. The van der Waals surface area contributed by atoms with E-state index in [0.29, 0.717) is 18.4 Å². The van der Waals surface area contributed by atoms with E-state index >= 15 is 0 Å². The molecule has 0 heterocycles. The summed E-state index contributed by atoms with van der Waals surface area (Å²) in [6.45, 7) is 5.07. The van der Waals surface area contributed by atoms with Gasteiger partial charge in [-0.3, -0.25) is 9.59 Å². The second-order valence-electron chi connectivity index (χ2n) is 5.28. The van der Waals surface area contributed by atoms with Gasteiger partial charge in [-0.05, 0) is 48.9 Å². The first-order valence-electron chi connectivity index (χ1n) is 6.08. The largest absolute Gasteiger partial charge is 0.459 e. The Hall–Kier alpha value is -0.870. The Morgan fingerprint density at radius 2 is 1.68 bits per heavy atom. The minimum atomic E-state index is -0.645. The molecular formula is C13H14Cl2O4. The molecule has 2 aliphatic carbocycles. The maximum Gasteiger partial charge on any atom is 0.333 e. The van der Waals surface area contributed by atoms with E-state index in [9.17, 15) is 14.4 Å². The van der Waals surface area contributed by atoms with E-state index in [4.69, 9.17) is 27.9 Å². The molecule has 2 aliphatic rings. The van der Waals surface area contributed by atoms with E-state index in [-0.39, 0.29) is 17.9 Å². The molecule has 0 aromatic heterocycles. The number of esters is 1. The SMILES string of the molecule is C=C(C)C(=O)OC1CC2CC1C(C(=O)Cl)C2C(=O)Cl. The van der Waals surface area contributed by atoms with Crippen LogP contribution in [0.1, 0.15) is 19.8 Å². The molecule has 2 saturated carbocycles. The van der Waals surface area contributed by atoms with E-state index in [1.165, 1.54) is 0 Å². The van der Waals surface area contributed by atoms with Crippen molar-refractivity contribution in [2.75, 3.05) is 0 Å². The van der Waals surface area contributed by atoms with Crippen LogP contribution in [0.4, 0.5) is 0 Å². The molecule has 0 aromatic carbocycles. The van der Waals surface area contributed by atoms with Crippen molar-refractivity contribution in [3.8, 4) is 0 Å². The van der Waals surface area contributed by atoms with Gasteiger partial charge >= 0.3 is 5.97 Å². The van der Waals surface area contributed by atoms with Gasteiger partial charge < -0.3 is 4.74 Å². The van der Waals surface area contributed by atoms with Crippen LogP contribution in [0.15, 0.2) is 12.2 Å². The van der Waals surface area contributed by atoms with Crippen molar-refractivity contribution in [1.82, 2.24) is 0 Å². The molecule has 2 fully saturated rings. The van der Waals surface area contributed by atoms with Gasteiger partial charge in [0.05, 0.1) is 5.92 Å². The lowest BCUT2D eigenvalue weighted by molar-refractivity contribution is -0.150. The van der Waals surface area contributed by atoms with Crippen LogP contribution in [-0.4, -0.2) is 22.6 Å². The van der Waals surface area contributed by atoms with Crippen molar-refractivity contribution < 1.29 is 19.1 Å². The summed E-state index contributed by atoms with van der Waals surface area (Å²) < 4.78 is 5.31. The molecule has 0 radical (unpaired) electrons. The molecule has 0 amide bonds. The third-order valence-electron chi connectivity index (χ3n) is 4.07. The van der Waals surface area contributed by atoms with Crippen molar-refractivity contribution in [3.05, 3.63) is 12.2 Å². The Bertz CT molecular complexity index is 460. The highest BCUT2D eigenvalue weighted by atomic mass is 35.5. The maximum atomic E-state index is 11.5. The highest BCUT2D eigenvalue weighted by Crippen LogP contribution is 2.54. The monoisotopic (exact) mass is 304 g/mol. The summed E-state index contributed by atoms with van der Waals surface area (Å²) in [7, 11) is 0. The zero-order valence-corrected chi connectivity index (χ0v) is 11.9. The van der Waals surface area contributed by atoms with E-state index < -0.39 is 28.3 Å². The van der Waals surface area contributed by atoms with E-state index in [2.05, 4.69) is 6.58 Å². The molecule has 0 spiro atoms. The van der Waals surface area contributed by atoms with Gasteiger partial charge in [0.1, 0.15) is 6.10 Å². The Morgan fingerprint density at radius 1 is 1.11 bits per heavy atom. The van der Waals surface area contributed by atoms with Gasteiger partial charge in [0.2, 0.25) is 10.5 Å². The Balaban J connectivity index is 2.15. The van der Waals surface area contributed by atoms with Gasteiger partial charge in [-0.25, -0.2) is 4.79 Å². The molecule has 5 atom stereocenters. The summed E-state index contributed by atoms with van der Waals surface area (Å²) in [5, 5.41) is -1.11. The molecule has 104 valence electrons. The van der Waals surface area contributed by atoms with E-state index in [0.717, 1.165) is 0 Å². The van der Waals surface area contributed by atoms with Gasteiger partial charge in [-0.2, -0.15) is 0 Å². The maximum absolute atomic E-state index is 11.5. The summed E-state index contributed by atoms with van der Waals surface area (Å²) in [5.41, 5.74) is 0.307. The fourth-order valence-corrected chi connectivity index (χ4v) is 3.92. The first kappa shape index (κ1) is 14.5. The molecular weight excluding hydrogens is 291 g/mol. The molecule has 0 aromatic rings. The summed E-state index contributed by atoms with van der Waals surface area (Å²) in [6, 6.07) is 0. The third-order valence-corrected chi connectivity index (χ3v) is 4.58. The average Bonchev–Trinajstić information content (AvgIpc) is 2.84. The number of hydrogen-bond acceptors (Lipinski definition) is 4. The first-order chi connectivity index (χ1) is 8.82. The molecule has 0 aliphatic heterocycles. The summed E-state index contributed by atoms with van der Waals surface area (Å²) >= 11 is 11.1. The van der Waals surface area contributed by atoms with Crippen LogP contribution in [-0.2, 0) is 19.1 Å². The predicted molar refractivity (Wildman–Crippen MR) is 69.6 cm³/mol. The molecule has 6 heteroatoms. The second kappa shape index (κ2) is 5.25. The van der Waals surface area contributed by atoms with Crippen LogP contribution in [0, 0.1) is 23.7 Å². The van der Waals surface area contributed by atoms with E-state index in [1.54, 1.807) is 6.92 Å². The fraction of sp³-hybridized carbons (Fsp3) is 0.615.